The third-order valence-corrected chi connectivity index (χ3v) is 3.15. The second kappa shape index (κ2) is 5.44. The molecule has 1 aliphatic heterocycles. The fourth-order valence-electron chi connectivity index (χ4n) is 1.91. The van der Waals surface area contributed by atoms with E-state index >= 15 is 0 Å². The van der Waals surface area contributed by atoms with Crippen molar-refractivity contribution in [3.8, 4) is 0 Å². The van der Waals surface area contributed by atoms with Gasteiger partial charge in [0.05, 0.1) is 13.1 Å². The van der Waals surface area contributed by atoms with E-state index in [1.807, 2.05) is 0 Å². The summed E-state index contributed by atoms with van der Waals surface area (Å²) in [4.78, 5) is 26.7. The van der Waals surface area contributed by atoms with Crippen molar-refractivity contribution in [1.29, 1.82) is 0 Å². The molecule has 1 aromatic rings. The van der Waals surface area contributed by atoms with Gasteiger partial charge in [-0.25, -0.2) is 8.78 Å². The molecule has 0 saturated carbocycles. The number of benzene rings is 1. The summed E-state index contributed by atoms with van der Waals surface area (Å²) in [6, 6.07) is 3.06. The number of rotatable bonds is 3. The number of likely N-dealkylation sites (N-methyl/N-ethyl adjacent to an activating group) is 1. The van der Waals surface area contributed by atoms with Crippen molar-refractivity contribution in [2.24, 2.45) is 0 Å². The highest BCUT2D eigenvalue weighted by Gasteiger charge is 2.23. The number of amides is 1. The number of Topliss-reactive ketones (excluding diaryl/α,β-unsaturated/α-hetero) is 1. The smallest absolute Gasteiger partial charge is 0.236 e. The quantitative estimate of drug-likeness (QED) is 0.765. The Balaban J connectivity index is 2.01. The van der Waals surface area contributed by atoms with Gasteiger partial charge in [0.15, 0.2) is 17.4 Å². The lowest BCUT2D eigenvalue weighted by molar-refractivity contribution is -0.134. The van der Waals surface area contributed by atoms with Gasteiger partial charge in [-0.3, -0.25) is 14.5 Å². The third kappa shape index (κ3) is 3.14. The average Bonchev–Trinajstić information content (AvgIpc) is 2.37. The molecular weight excluding hydrogens is 254 g/mol. The van der Waals surface area contributed by atoms with E-state index < -0.39 is 11.6 Å². The number of nitrogens with zero attached hydrogens (tertiary/aromatic N) is 2. The lowest BCUT2D eigenvalue weighted by Gasteiger charge is -2.31. The van der Waals surface area contributed by atoms with Gasteiger partial charge in [-0.05, 0) is 18.2 Å². The molecule has 0 aromatic heterocycles. The molecule has 1 amide bonds. The van der Waals surface area contributed by atoms with Crippen molar-refractivity contribution in [3.63, 3.8) is 0 Å². The lowest BCUT2D eigenvalue weighted by atomic mass is 10.1. The number of hydrogen-bond donors (Lipinski definition) is 0. The predicted octanol–water partition coefficient (Wildman–Crippen LogP) is 0.921. The summed E-state index contributed by atoms with van der Waals surface area (Å²) in [5, 5.41) is 0. The molecule has 1 aliphatic rings. The minimum Gasteiger partial charge on any atom is -0.343 e. The van der Waals surface area contributed by atoms with Crippen LogP contribution in [0.2, 0.25) is 0 Å². The molecular formula is C13H14F2N2O2. The molecule has 19 heavy (non-hydrogen) atoms. The number of carbonyl (C=O) groups is 2. The van der Waals surface area contributed by atoms with Crippen LogP contribution in [-0.4, -0.2) is 54.7 Å². The van der Waals surface area contributed by atoms with Gasteiger partial charge in [-0.2, -0.15) is 0 Å². The molecule has 0 atom stereocenters. The maximum Gasteiger partial charge on any atom is 0.236 e. The molecule has 0 aliphatic carbocycles. The highest BCUT2D eigenvalue weighted by Crippen LogP contribution is 2.10. The Labute approximate surface area is 109 Å². The van der Waals surface area contributed by atoms with Gasteiger partial charge in [0.25, 0.3) is 0 Å². The molecule has 0 N–H and O–H groups in total. The van der Waals surface area contributed by atoms with Gasteiger partial charge in [-0.15, -0.1) is 0 Å². The maximum atomic E-state index is 13.0. The first kappa shape index (κ1) is 13.6. The number of carbonyl (C=O) groups excluding carboxylic acids is 2. The first-order valence-corrected chi connectivity index (χ1v) is 5.92. The normalized spacial score (nSPS) is 16.8. The van der Waals surface area contributed by atoms with Crippen molar-refractivity contribution in [1.82, 2.24) is 9.80 Å². The molecule has 102 valence electrons. The van der Waals surface area contributed by atoms with E-state index in [0.717, 1.165) is 12.1 Å². The number of piperazine rings is 1. The van der Waals surface area contributed by atoms with E-state index in [4.69, 9.17) is 0 Å². The van der Waals surface area contributed by atoms with Gasteiger partial charge in [0.2, 0.25) is 5.91 Å². The molecule has 6 heteroatoms. The molecule has 1 fully saturated rings. The summed E-state index contributed by atoms with van der Waals surface area (Å²) in [6.07, 6.45) is 0. The molecule has 4 nitrogen and oxygen atoms in total. The van der Waals surface area contributed by atoms with Gasteiger partial charge in [-0.1, -0.05) is 0 Å². The van der Waals surface area contributed by atoms with Crippen molar-refractivity contribution in [2.45, 2.75) is 0 Å². The summed E-state index contributed by atoms with van der Waals surface area (Å²) < 4.78 is 25.8. The van der Waals surface area contributed by atoms with Gasteiger partial charge in [0, 0.05) is 25.7 Å². The second-order valence-corrected chi connectivity index (χ2v) is 4.58. The van der Waals surface area contributed by atoms with Crippen LogP contribution in [0.4, 0.5) is 8.78 Å². The molecule has 2 rings (SSSR count). The van der Waals surface area contributed by atoms with E-state index in [1.165, 1.54) is 6.07 Å². The highest BCUT2D eigenvalue weighted by atomic mass is 19.2. The zero-order chi connectivity index (χ0) is 14.0. The molecule has 0 bridgehead atoms. The Morgan fingerprint density at radius 3 is 2.63 bits per heavy atom. The topological polar surface area (TPSA) is 40.6 Å². The number of hydrogen-bond acceptors (Lipinski definition) is 3. The van der Waals surface area contributed by atoms with E-state index in [-0.39, 0.29) is 30.3 Å². The summed E-state index contributed by atoms with van der Waals surface area (Å²) in [7, 11) is 1.71. The Morgan fingerprint density at radius 1 is 1.26 bits per heavy atom. The maximum absolute atomic E-state index is 13.0. The molecule has 1 saturated heterocycles. The summed E-state index contributed by atoms with van der Waals surface area (Å²) >= 11 is 0. The predicted molar refractivity (Wildman–Crippen MR) is 64.8 cm³/mol. The molecule has 1 heterocycles. The minimum absolute atomic E-state index is 0.0324. The van der Waals surface area contributed by atoms with Crippen molar-refractivity contribution < 1.29 is 18.4 Å². The first-order chi connectivity index (χ1) is 8.97. The standard InChI is InChI=1S/C13H14F2N2O2/c1-16-4-5-17(8-13(16)19)7-12(18)9-2-3-10(14)11(15)6-9/h2-3,6H,4-5,7-8H2,1H3. The van der Waals surface area contributed by atoms with Crippen molar-refractivity contribution in [3.05, 3.63) is 35.4 Å². The van der Waals surface area contributed by atoms with Crippen LogP contribution >= 0.6 is 0 Å². The van der Waals surface area contributed by atoms with Crippen LogP contribution in [-0.2, 0) is 4.79 Å². The van der Waals surface area contributed by atoms with Crippen molar-refractivity contribution >= 4 is 11.7 Å². The van der Waals surface area contributed by atoms with Crippen LogP contribution in [0.15, 0.2) is 18.2 Å². The summed E-state index contributed by atoms with van der Waals surface area (Å²) in [6.45, 7) is 1.36. The SMILES string of the molecule is CN1CCN(CC(=O)c2ccc(F)c(F)c2)CC1=O. The monoisotopic (exact) mass is 268 g/mol. The van der Waals surface area contributed by atoms with Crippen LogP contribution in [0, 0.1) is 11.6 Å². The van der Waals surface area contributed by atoms with E-state index in [9.17, 15) is 18.4 Å². The summed E-state index contributed by atoms with van der Waals surface area (Å²) in [5.74, 6) is -2.40. The third-order valence-electron chi connectivity index (χ3n) is 3.15. The number of ketones is 1. The lowest BCUT2D eigenvalue weighted by Crippen LogP contribution is -2.49. The Bertz CT molecular complexity index is 519. The Hall–Kier alpha value is -1.82. The van der Waals surface area contributed by atoms with Crippen LogP contribution in [0.3, 0.4) is 0 Å². The zero-order valence-electron chi connectivity index (χ0n) is 10.5. The van der Waals surface area contributed by atoms with E-state index in [1.54, 1.807) is 16.8 Å². The largest absolute Gasteiger partial charge is 0.343 e. The molecule has 0 unspecified atom stereocenters. The molecule has 1 aromatic carbocycles. The Morgan fingerprint density at radius 2 is 2.00 bits per heavy atom. The van der Waals surface area contributed by atoms with Gasteiger partial charge in [0.1, 0.15) is 0 Å². The average molecular weight is 268 g/mol. The second-order valence-electron chi connectivity index (χ2n) is 4.58. The highest BCUT2D eigenvalue weighted by molar-refractivity contribution is 5.97. The first-order valence-electron chi connectivity index (χ1n) is 5.92. The fraction of sp³-hybridized carbons (Fsp3) is 0.385. The van der Waals surface area contributed by atoms with Crippen LogP contribution in [0.1, 0.15) is 10.4 Å². The summed E-state index contributed by atoms with van der Waals surface area (Å²) in [5.41, 5.74) is 0.116. The van der Waals surface area contributed by atoms with E-state index in [2.05, 4.69) is 0 Å². The van der Waals surface area contributed by atoms with Crippen LogP contribution in [0.25, 0.3) is 0 Å². The molecule has 0 spiro atoms. The van der Waals surface area contributed by atoms with Crippen molar-refractivity contribution in [2.75, 3.05) is 33.2 Å². The van der Waals surface area contributed by atoms with Crippen LogP contribution < -0.4 is 0 Å². The fourth-order valence-corrected chi connectivity index (χ4v) is 1.91. The Kier molecular flexibility index (Phi) is 3.90. The minimum atomic E-state index is -1.04. The number of halogens is 2. The van der Waals surface area contributed by atoms with Gasteiger partial charge >= 0.3 is 0 Å². The van der Waals surface area contributed by atoms with E-state index in [0.29, 0.717) is 13.1 Å². The zero-order valence-corrected chi connectivity index (χ0v) is 10.5. The van der Waals surface area contributed by atoms with Crippen LogP contribution in [0.5, 0.6) is 0 Å². The molecule has 0 radical (unpaired) electrons. The van der Waals surface area contributed by atoms with Gasteiger partial charge < -0.3 is 4.90 Å².